The van der Waals surface area contributed by atoms with Crippen LogP contribution in [0, 0.1) is 5.41 Å². The minimum atomic E-state index is 0.218. The van der Waals surface area contributed by atoms with Gasteiger partial charge in [0.2, 0.25) is 0 Å². The number of nitrogens with one attached hydrogen (secondary N) is 1. The lowest BCUT2D eigenvalue weighted by Crippen LogP contribution is -2.12. The van der Waals surface area contributed by atoms with Crippen LogP contribution in [0.2, 0.25) is 0 Å². The summed E-state index contributed by atoms with van der Waals surface area (Å²) in [5, 5.41) is 8.30. The zero-order valence-electron chi connectivity index (χ0n) is 12.5. The minimum absolute atomic E-state index is 0.218. The number of benzene rings is 2. The van der Waals surface area contributed by atoms with Gasteiger partial charge >= 0.3 is 0 Å². The molecule has 0 bridgehead atoms. The Morgan fingerprint density at radius 2 is 1.39 bits per heavy atom. The fourth-order valence-corrected chi connectivity index (χ4v) is 2.43. The molecule has 0 spiro atoms. The zero-order chi connectivity index (χ0) is 16.2. The summed E-state index contributed by atoms with van der Waals surface area (Å²) in [4.78, 5) is 7.81. The van der Waals surface area contributed by atoms with Crippen LogP contribution < -0.4 is 11.5 Å². The van der Waals surface area contributed by atoms with Gasteiger partial charge in [-0.1, -0.05) is 54.6 Å². The predicted octanol–water partition coefficient (Wildman–Crippen LogP) is 2.65. The van der Waals surface area contributed by atoms with Crippen molar-refractivity contribution < 1.29 is 0 Å². The molecule has 1 heterocycles. The van der Waals surface area contributed by atoms with Gasteiger partial charge in [-0.05, 0) is 17.5 Å². The molecule has 23 heavy (non-hydrogen) atoms. The molecule has 3 aromatic rings. The Kier molecular flexibility index (Phi) is 4.01. The number of hydrogen-bond acceptors (Lipinski definition) is 5. The van der Waals surface area contributed by atoms with E-state index in [-0.39, 0.29) is 17.3 Å². The Labute approximate surface area is 134 Å². The molecule has 5 heteroatoms. The summed E-state index contributed by atoms with van der Waals surface area (Å²) in [5.41, 5.74) is 15.4. The second kappa shape index (κ2) is 6.27. The highest BCUT2D eigenvalue weighted by Gasteiger charge is 2.14. The first kappa shape index (κ1) is 14.7. The fourth-order valence-electron chi connectivity index (χ4n) is 2.43. The van der Waals surface area contributed by atoms with Crippen molar-refractivity contribution >= 4 is 17.3 Å². The summed E-state index contributed by atoms with van der Waals surface area (Å²) < 4.78 is 0. The lowest BCUT2D eigenvalue weighted by atomic mass is 9.99. The Balaban J connectivity index is 1.83. The van der Waals surface area contributed by atoms with Crippen LogP contribution in [-0.4, -0.2) is 15.7 Å². The number of rotatable bonds is 4. The van der Waals surface area contributed by atoms with Gasteiger partial charge in [-0.2, -0.15) is 0 Å². The van der Waals surface area contributed by atoms with Crippen molar-refractivity contribution in [2.45, 2.75) is 6.42 Å². The van der Waals surface area contributed by atoms with E-state index in [0.717, 1.165) is 12.0 Å². The lowest BCUT2D eigenvalue weighted by molar-refractivity contribution is 1.17. The molecule has 0 aliphatic rings. The van der Waals surface area contributed by atoms with Crippen LogP contribution >= 0.6 is 0 Å². The van der Waals surface area contributed by atoms with E-state index in [1.807, 2.05) is 42.5 Å². The number of nitrogens with two attached hydrogens (primary N) is 2. The second-order valence-corrected chi connectivity index (χ2v) is 5.25. The summed E-state index contributed by atoms with van der Waals surface area (Å²) in [7, 11) is 0. The molecule has 2 aromatic carbocycles. The van der Waals surface area contributed by atoms with Crippen LogP contribution in [0.4, 0.5) is 11.6 Å². The van der Waals surface area contributed by atoms with Gasteiger partial charge in [0.05, 0.1) is 11.3 Å². The van der Waals surface area contributed by atoms with Gasteiger partial charge in [-0.15, -0.1) is 0 Å². The average molecular weight is 303 g/mol. The van der Waals surface area contributed by atoms with E-state index in [9.17, 15) is 0 Å². The van der Waals surface area contributed by atoms with Crippen molar-refractivity contribution in [2.75, 3.05) is 11.5 Å². The van der Waals surface area contributed by atoms with Crippen LogP contribution in [0.15, 0.2) is 60.9 Å². The number of hydrogen-bond donors (Lipinski definition) is 3. The number of aromatic nitrogens is 2. The maximum absolute atomic E-state index is 8.30. The Hall–Kier alpha value is -3.21. The molecule has 3 rings (SSSR count). The third-order valence-electron chi connectivity index (χ3n) is 3.65. The van der Waals surface area contributed by atoms with E-state index < -0.39 is 0 Å². The lowest BCUT2D eigenvalue weighted by Gasteiger charge is -2.10. The third kappa shape index (κ3) is 3.18. The van der Waals surface area contributed by atoms with Crippen molar-refractivity contribution in [2.24, 2.45) is 0 Å². The van der Waals surface area contributed by atoms with Crippen LogP contribution in [0.25, 0.3) is 0 Å². The van der Waals surface area contributed by atoms with Crippen molar-refractivity contribution in [1.29, 1.82) is 5.41 Å². The third-order valence-corrected chi connectivity index (χ3v) is 3.65. The molecule has 0 amide bonds. The Morgan fingerprint density at radius 1 is 0.826 bits per heavy atom. The molecule has 5 N–H and O–H groups in total. The smallest absolute Gasteiger partial charge is 0.138 e. The molecule has 5 nitrogen and oxygen atoms in total. The average Bonchev–Trinajstić information content (AvgIpc) is 2.56. The minimum Gasteiger partial charge on any atom is -0.383 e. The van der Waals surface area contributed by atoms with Crippen molar-refractivity contribution in [1.82, 2.24) is 9.97 Å². The van der Waals surface area contributed by atoms with Gasteiger partial charge in [-0.3, -0.25) is 5.41 Å². The highest BCUT2D eigenvalue weighted by molar-refractivity contribution is 6.15. The van der Waals surface area contributed by atoms with Crippen LogP contribution in [0.3, 0.4) is 0 Å². The molecule has 0 saturated carbocycles. The van der Waals surface area contributed by atoms with Crippen molar-refractivity contribution in [3.63, 3.8) is 0 Å². The molecule has 1 aromatic heterocycles. The summed E-state index contributed by atoms with van der Waals surface area (Å²) in [5.74, 6) is 0.437. The van der Waals surface area contributed by atoms with Crippen molar-refractivity contribution in [3.05, 3.63) is 83.2 Å². The fraction of sp³-hybridized carbons (Fsp3) is 0.0556. The first-order valence-corrected chi connectivity index (χ1v) is 7.23. The summed E-state index contributed by atoms with van der Waals surface area (Å²) >= 11 is 0. The molecule has 0 saturated heterocycles. The van der Waals surface area contributed by atoms with Crippen LogP contribution in [0.5, 0.6) is 0 Å². The topological polar surface area (TPSA) is 102 Å². The molecule has 0 aliphatic carbocycles. The number of nitrogen functional groups attached to an aromatic ring is 2. The Morgan fingerprint density at radius 3 is 2.00 bits per heavy atom. The van der Waals surface area contributed by atoms with E-state index in [1.54, 1.807) is 0 Å². The summed E-state index contributed by atoms with van der Waals surface area (Å²) in [6.45, 7) is 0. The van der Waals surface area contributed by atoms with Gasteiger partial charge in [0.15, 0.2) is 0 Å². The van der Waals surface area contributed by atoms with E-state index in [4.69, 9.17) is 16.9 Å². The molecule has 0 radical (unpaired) electrons. The zero-order valence-corrected chi connectivity index (χ0v) is 12.5. The van der Waals surface area contributed by atoms with E-state index in [2.05, 4.69) is 22.1 Å². The van der Waals surface area contributed by atoms with Gasteiger partial charge in [0.25, 0.3) is 0 Å². The maximum atomic E-state index is 8.30. The van der Waals surface area contributed by atoms with Gasteiger partial charge in [0, 0.05) is 5.56 Å². The van der Waals surface area contributed by atoms with E-state index >= 15 is 0 Å². The molecule has 0 fully saturated rings. The Bertz CT molecular complexity index is 806. The molecular formula is C18H17N5. The largest absolute Gasteiger partial charge is 0.383 e. The highest BCUT2D eigenvalue weighted by atomic mass is 15.0. The van der Waals surface area contributed by atoms with Gasteiger partial charge in [-0.25, -0.2) is 9.97 Å². The normalized spacial score (nSPS) is 10.4. The van der Waals surface area contributed by atoms with Gasteiger partial charge in [0.1, 0.15) is 18.0 Å². The van der Waals surface area contributed by atoms with E-state index in [1.165, 1.54) is 17.5 Å². The second-order valence-electron chi connectivity index (χ2n) is 5.25. The predicted molar refractivity (Wildman–Crippen MR) is 92.5 cm³/mol. The quantitative estimate of drug-likeness (QED) is 0.645. The monoisotopic (exact) mass is 303 g/mol. The number of anilines is 2. The molecule has 0 atom stereocenters. The first-order valence-electron chi connectivity index (χ1n) is 7.23. The molecule has 0 aliphatic heterocycles. The SMILES string of the molecule is N=C(c1ccc(Cc2ccccc2)cc1)c1c(N)ncnc1N. The number of nitrogens with zero attached hydrogens (tertiary/aromatic N) is 2. The standard InChI is InChI=1S/C18H17N5/c19-16(15-17(20)22-11-23-18(15)21)14-8-6-13(7-9-14)10-12-4-2-1-3-5-12/h1-9,11,19H,10H2,(H4,20,21,22,23). The van der Waals surface area contributed by atoms with Crippen LogP contribution in [0.1, 0.15) is 22.3 Å². The molecule has 0 unspecified atom stereocenters. The first-order chi connectivity index (χ1) is 11.1. The van der Waals surface area contributed by atoms with Gasteiger partial charge < -0.3 is 11.5 Å². The molecular weight excluding hydrogens is 286 g/mol. The maximum Gasteiger partial charge on any atom is 0.138 e. The van der Waals surface area contributed by atoms with Crippen LogP contribution in [-0.2, 0) is 6.42 Å². The van der Waals surface area contributed by atoms with E-state index in [0.29, 0.717) is 5.56 Å². The summed E-state index contributed by atoms with van der Waals surface area (Å²) in [6, 6.07) is 18.1. The molecule has 114 valence electrons. The highest BCUT2D eigenvalue weighted by Crippen LogP contribution is 2.20. The summed E-state index contributed by atoms with van der Waals surface area (Å²) in [6.07, 6.45) is 2.15. The van der Waals surface area contributed by atoms with Crippen molar-refractivity contribution in [3.8, 4) is 0 Å².